The zero-order valence-electron chi connectivity index (χ0n) is 17.3. The molecule has 0 unspecified atom stereocenters. The van der Waals surface area contributed by atoms with Crippen molar-refractivity contribution in [1.82, 2.24) is 4.98 Å². The predicted octanol–water partition coefficient (Wildman–Crippen LogP) is 2.72. The van der Waals surface area contributed by atoms with E-state index in [1.54, 1.807) is 0 Å². The number of pyridine rings is 1. The minimum atomic E-state index is -3.87. The minimum absolute atomic E-state index is 0.000580. The van der Waals surface area contributed by atoms with Crippen molar-refractivity contribution in [3.8, 4) is 6.07 Å². The van der Waals surface area contributed by atoms with Crippen molar-refractivity contribution < 1.29 is 21.9 Å². The molecule has 2 N–H and O–H groups in total. The van der Waals surface area contributed by atoms with Crippen LogP contribution >= 0.6 is 0 Å². The van der Waals surface area contributed by atoms with Crippen LogP contribution in [0.25, 0.3) is 11.9 Å². The van der Waals surface area contributed by atoms with Crippen molar-refractivity contribution in [3.63, 3.8) is 0 Å². The maximum atomic E-state index is 15.0. The van der Waals surface area contributed by atoms with Gasteiger partial charge in [0, 0.05) is 11.8 Å². The Hall–Kier alpha value is -3.16. The van der Waals surface area contributed by atoms with Gasteiger partial charge >= 0.3 is 0 Å². The predicted molar refractivity (Wildman–Crippen MR) is 115 cm³/mol. The highest BCUT2D eigenvalue weighted by Gasteiger charge is 2.62. The highest BCUT2D eigenvalue weighted by molar-refractivity contribution is 7.94. The molecule has 10 heteroatoms. The van der Waals surface area contributed by atoms with Crippen LogP contribution in [0.4, 0.5) is 8.78 Å². The number of benzene rings is 1. The molecule has 0 radical (unpaired) electrons. The number of hydrogen-bond acceptors (Lipinski definition) is 7. The van der Waals surface area contributed by atoms with Crippen LogP contribution in [-0.2, 0) is 20.1 Å². The Labute approximate surface area is 184 Å². The number of aromatic nitrogens is 1. The van der Waals surface area contributed by atoms with Crippen LogP contribution in [0.2, 0.25) is 0 Å². The molecular formula is C22H20F2N4O3S. The van der Waals surface area contributed by atoms with Gasteiger partial charge in [-0.05, 0) is 49.8 Å². The van der Waals surface area contributed by atoms with Gasteiger partial charge in [0.05, 0.1) is 24.5 Å². The smallest absolute Gasteiger partial charge is 0.170 e. The molecule has 0 saturated carbocycles. The first-order valence-corrected chi connectivity index (χ1v) is 11.3. The lowest BCUT2D eigenvalue weighted by molar-refractivity contribution is 0.178. The largest absolute Gasteiger partial charge is 0.386 e. The summed E-state index contributed by atoms with van der Waals surface area (Å²) in [5, 5.41) is 7.71. The topological polar surface area (TPSA) is 118 Å². The zero-order chi connectivity index (χ0) is 23.3. The van der Waals surface area contributed by atoms with E-state index in [0.29, 0.717) is 0 Å². The molecule has 0 amide bonds. The standard InChI is InChI=1S/C22H20F2N4O3S/c1-21(2)20(26)28-22(12-31-11-19(22)32(21,29)30)15-7-13(3-5-16(15)23)8-17(24)18-6-4-14(9-25)10-27-18/h3-8,10,19H,11-12H2,1-2H3,(H2,26,28)/b17-8-/t19-,22-/m1/s1. The van der Waals surface area contributed by atoms with Gasteiger partial charge in [-0.3, -0.25) is 9.98 Å². The van der Waals surface area contributed by atoms with Gasteiger partial charge in [0.25, 0.3) is 0 Å². The Morgan fingerprint density at radius 1 is 1.34 bits per heavy atom. The Morgan fingerprint density at radius 3 is 2.75 bits per heavy atom. The van der Waals surface area contributed by atoms with E-state index < -0.39 is 37.0 Å². The van der Waals surface area contributed by atoms with E-state index in [2.05, 4.69) is 9.98 Å². The molecule has 2 aliphatic rings. The van der Waals surface area contributed by atoms with E-state index in [1.165, 1.54) is 44.3 Å². The molecule has 1 aromatic heterocycles. The van der Waals surface area contributed by atoms with Crippen molar-refractivity contribution in [1.29, 1.82) is 5.26 Å². The normalized spacial score (nSPS) is 26.2. The van der Waals surface area contributed by atoms with Crippen molar-refractivity contribution in [2.75, 3.05) is 13.2 Å². The van der Waals surface area contributed by atoms with E-state index in [0.717, 1.165) is 12.1 Å². The third-order valence-corrected chi connectivity index (χ3v) is 8.94. The van der Waals surface area contributed by atoms with Crippen LogP contribution in [0.5, 0.6) is 0 Å². The van der Waals surface area contributed by atoms with Crippen LogP contribution in [0.15, 0.2) is 41.5 Å². The summed E-state index contributed by atoms with van der Waals surface area (Å²) in [6, 6.07) is 8.52. The van der Waals surface area contributed by atoms with Crippen molar-refractivity contribution in [3.05, 3.63) is 64.7 Å². The third-order valence-electron chi connectivity index (χ3n) is 6.03. The Balaban J connectivity index is 1.82. The van der Waals surface area contributed by atoms with E-state index in [9.17, 15) is 17.2 Å². The molecule has 3 heterocycles. The van der Waals surface area contributed by atoms with Gasteiger partial charge in [0.1, 0.15) is 39.1 Å². The van der Waals surface area contributed by atoms with Crippen LogP contribution in [-0.4, -0.2) is 42.4 Å². The fourth-order valence-electron chi connectivity index (χ4n) is 3.95. The molecule has 0 spiro atoms. The molecule has 7 nitrogen and oxygen atoms in total. The van der Waals surface area contributed by atoms with Crippen LogP contribution in [0.1, 0.15) is 36.2 Å². The molecule has 32 heavy (non-hydrogen) atoms. The molecule has 2 atom stereocenters. The second kappa shape index (κ2) is 7.46. The maximum absolute atomic E-state index is 15.0. The number of nitriles is 1. The number of aliphatic imine (C=N–C) groups is 1. The number of hydrogen-bond donors (Lipinski definition) is 1. The molecule has 1 saturated heterocycles. The Kier molecular flexibility index (Phi) is 5.14. The fourth-order valence-corrected chi connectivity index (χ4v) is 6.04. The van der Waals surface area contributed by atoms with Gasteiger partial charge in [-0.15, -0.1) is 0 Å². The average Bonchev–Trinajstić information content (AvgIpc) is 3.19. The fraction of sp³-hybridized carbons (Fsp3) is 0.318. The van der Waals surface area contributed by atoms with Gasteiger partial charge in [0.2, 0.25) is 0 Å². The SMILES string of the molecule is CC1(C)C(N)=N[C@@]2(c3cc(/C=C(\F)c4ccc(C#N)cn4)ccc3F)COC[C@H]2S1(=O)=O. The molecule has 4 rings (SSSR count). The highest BCUT2D eigenvalue weighted by Crippen LogP contribution is 2.47. The van der Waals surface area contributed by atoms with E-state index in [4.69, 9.17) is 15.7 Å². The summed E-state index contributed by atoms with van der Waals surface area (Å²) >= 11 is 0. The summed E-state index contributed by atoms with van der Waals surface area (Å²) in [6.07, 6.45) is 2.39. The number of nitrogens with two attached hydrogens (primary N) is 1. The molecule has 1 fully saturated rings. The first-order valence-electron chi connectivity index (χ1n) is 9.73. The number of ether oxygens (including phenoxy) is 1. The molecule has 166 valence electrons. The second-order valence-corrected chi connectivity index (χ2v) is 10.9. The molecule has 2 aliphatic heterocycles. The summed E-state index contributed by atoms with van der Waals surface area (Å²) in [7, 11) is -3.87. The van der Waals surface area contributed by atoms with Crippen LogP contribution in [0.3, 0.4) is 0 Å². The number of nitrogens with zero attached hydrogens (tertiary/aromatic N) is 3. The average molecular weight is 458 g/mol. The highest BCUT2D eigenvalue weighted by atomic mass is 32.2. The summed E-state index contributed by atoms with van der Waals surface area (Å²) in [5.74, 6) is -1.53. The molecule has 2 aromatic rings. The number of rotatable bonds is 3. The monoisotopic (exact) mass is 458 g/mol. The minimum Gasteiger partial charge on any atom is -0.386 e. The Morgan fingerprint density at radius 2 is 2.09 bits per heavy atom. The lowest BCUT2D eigenvalue weighted by Crippen LogP contribution is -2.60. The van der Waals surface area contributed by atoms with E-state index in [1.807, 2.05) is 6.07 Å². The van der Waals surface area contributed by atoms with Crippen LogP contribution in [0, 0.1) is 17.1 Å². The van der Waals surface area contributed by atoms with E-state index in [-0.39, 0.29) is 41.4 Å². The van der Waals surface area contributed by atoms with Crippen LogP contribution < -0.4 is 5.73 Å². The lowest BCUT2D eigenvalue weighted by atomic mass is 9.87. The van der Waals surface area contributed by atoms with Gasteiger partial charge in [0.15, 0.2) is 9.84 Å². The summed E-state index contributed by atoms with van der Waals surface area (Å²) < 4.78 is 60.3. The van der Waals surface area contributed by atoms with Crippen molar-refractivity contribution in [2.45, 2.75) is 29.4 Å². The maximum Gasteiger partial charge on any atom is 0.170 e. The lowest BCUT2D eigenvalue weighted by Gasteiger charge is -2.41. The molecule has 0 bridgehead atoms. The van der Waals surface area contributed by atoms with Gasteiger partial charge in [-0.2, -0.15) is 5.26 Å². The van der Waals surface area contributed by atoms with Crippen molar-refractivity contribution in [2.24, 2.45) is 10.7 Å². The van der Waals surface area contributed by atoms with Gasteiger partial charge in [-0.25, -0.2) is 17.2 Å². The number of fused-ring (bicyclic) bond motifs is 1. The Bertz CT molecular complexity index is 1300. The van der Waals surface area contributed by atoms with E-state index >= 15 is 0 Å². The summed E-state index contributed by atoms with van der Waals surface area (Å²) in [4.78, 5) is 8.34. The van der Waals surface area contributed by atoms with Gasteiger partial charge < -0.3 is 10.5 Å². The molecule has 0 aliphatic carbocycles. The number of sulfone groups is 1. The molecule has 1 aromatic carbocycles. The summed E-state index contributed by atoms with van der Waals surface area (Å²) in [6.45, 7) is 2.60. The van der Waals surface area contributed by atoms with Gasteiger partial charge in [-0.1, -0.05) is 6.07 Å². The third kappa shape index (κ3) is 3.20. The number of amidine groups is 1. The van der Waals surface area contributed by atoms with Crippen molar-refractivity contribution >= 4 is 27.6 Å². The summed E-state index contributed by atoms with van der Waals surface area (Å²) in [5.41, 5.74) is 5.00. The number of halogens is 2. The second-order valence-electron chi connectivity index (χ2n) is 8.26. The first kappa shape index (κ1) is 22.0. The molecular weight excluding hydrogens is 438 g/mol. The first-order chi connectivity index (χ1) is 15.0. The quantitative estimate of drug-likeness (QED) is 0.756. The zero-order valence-corrected chi connectivity index (χ0v) is 18.2.